The van der Waals surface area contributed by atoms with Gasteiger partial charge in [0.05, 0.1) is 16.3 Å². The molecule has 0 bridgehead atoms. The number of benzene rings is 3. The molecule has 0 aliphatic heterocycles. The number of rotatable bonds is 7. The molecular formula is C31H23Cl4N5OS. The molecule has 2 aromatic heterocycles. The zero-order chi connectivity index (χ0) is 29.0. The molecule has 0 atom stereocenters. The van der Waals surface area contributed by atoms with E-state index in [1.807, 2.05) is 36.4 Å². The number of H-pyrrole nitrogens is 1. The van der Waals surface area contributed by atoms with Crippen molar-refractivity contribution < 1.29 is 4.79 Å². The lowest BCUT2D eigenvalue weighted by molar-refractivity contribution is 0.0965. The first kappa shape index (κ1) is 27.9. The van der Waals surface area contributed by atoms with Crippen molar-refractivity contribution in [3.63, 3.8) is 0 Å². The van der Waals surface area contributed by atoms with Crippen LogP contribution in [0.4, 0.5) is 5.69 Å². The van der Waals surface area contributed by atoms with Gasteiger partial charge >= 0.3 is 0 Å². The van der Waals surface area contributed by atoms with E-state index in [4.69, 9.17) is 46.4 Å². The fourth-order valence-corrected chi connectivity index (χ4v) is 7.34. The van der Waals surface area contributed by atoms with Crippen molar-refractivity contribution in [1.82, 2.24) is 20.4 Å². The maximum Gasteiger partial charge on any atom is 0.263 e. The highest BCUT2D eigenvalue weighted by Crippen LogP contribution is 2.55. The number of nitrogens with zero attached hydrogens (tertiary/aromatic N) is 4. The van der Waals surface area contributed by atoms with Gasteiger partial charge in [0.1, 0.15) is 16.4 Å². The first-order valence-corrected chi connectivity index (χ1v) is 15.9. The number of halogens is 4. The Kier molecular flexibility index (Phi) is 7.27. The van der Waals surface area contributed by atoms with E-state index in [0.717, 1.165) is 48.2 Å². The van der Waals surface area contributed by atoms with Crippen molar-refractivity contribution in [2.45, 2.75) is 43.6 Å². The Balaban J connectivity index is 1.35. The molecule has 2 aliphatic carbocycles. The average Bonchev–Trinajstić information content (AvgIpc) is 3.39. The second kappa shape index (κ2) is 11.0. The number of aromatic nitrogens is 4. The normalized spacial score (nSPS) is 15.8. The van der Waals surface area contributed by atoms with E-state index in [-0.39, 0.29) is 17.4 Å². The van der Waals surface area contributed by atoms with Crippen LogP contribution < -0.4 is 4.90 Å². The molecule has 212 valence electrons. The van der Waals surface area contributed by atoms with Gasteiger partial charge in [0.25, 0.3) is 5.91 Å². The van der Waals surface area contributed by atoms with Crippen molar-refractivity contribution in [3.8, 4) is 22.0 Å². The predicted molar refractivity (Wildman–Crippen MR) is 170 cm³/mol. The van der Waals surface area contributed by atoms with Crippen LogP contribution in [0.5, 0.6) is 0 Å². The summed E-state index contributed by atoms with van der Waals surface area (Å²) in [5.41, 5.74) is 3.78. The lowest BCUT2D eigenvalue weighted by atomic mass is 9.90. The minimum absolute atomic E-state index is 0.00149. The van der Waals surface area contributed by atoms with Crippen molar-refractivity contribution in [3.05, 3.63) is 103 Å². The van der Waals surface area contributed by atoms with E-state index >= 15 is 0 Å². The molecule has 2 fully saturated rings. The summed E-state index contributed by atoms with van der Waals surface area (Å²) in [4.78, 5) is 16.5. The van der Waals surface area contributed by atoms with Gasteiger partial charge in [-0.2, -0.15) is 5.10 Å². The largest absolute Gasteiger partial charge is 0.304 e. The lowest BCUT2D eigenvalue weighted by Crippen LogP contribution is -2.45. The Labute approximate surface area is 266 Å². The van der Waals surface area contributed by atoms with Crippen LogP contribution in [0.2, 0.25) is 20.1 Å². The molecule has 2 saturated carbocycles. The topological polar surface area (TPSA) is 74.8 Å². The third-order valence-electron chi connectivity index (χ3n) is 8.12. The molecule has 5 aromatic rings. The van der Waals surface area contributed by atoms with E-state index in [0.29, 0.717) is 47.7 Å². The number of aromatic amines is 1. The average molecular weight is 655 g/mol. The molecule has 1 N–H and O–H groups in total. The molecule has 0 saturated heterocycles. The molecule has 0 radical (unpaired) electrons. The number of carbonyl (C=O) groups excluding carboxylic acids is 1. The van der Waals surface area contributed by atoms with Gasteiger partial charge in [0.15, 0.2) is 5.01 Å². The van der Waals surface area contributed by atoms with Crippen molar-refractivity contribution >= 4 is 69.3 Å². The van der Waals surface area contributed by atoms with Crippen LogP contribution in [0.1, 0.15) is 53.0 Å². The minimum Gasteiger partial charge on any atom is -0.304 e. The lowest BCUT2D eigenvalue weighted by Gasteiger charge is -2.38. The van der Waals surface area contributed by atoms with Gasteiger partial charge in [-0.15, -0.1) is 10.2 Å². The summed E-state index contributed by atoms with van der Waals surface area (Å²) in [6.07, 6.45) is 4.73. The quantitative estimate of drug-likeness (QED) is 0.190. The van der Waals surface area contributed by atoms with Crippen LogP contribution in [0.25, 0.3) is 22.0 Å². The summed E-state index contributed by atoms with van der Waals surface area (Å²) < 4.78 is 0. The molecule has 2 aliphatic rings. The molecule has 2 heterocycles. The summed E-state index contributed by atoms with van der Waals surface area (Å²) >= 11 is 26.7. The first-order valence-electron chi connectivity index (χ1n) is 13.6. The zero-order valence-corrected chi connectivity index (χ0v) is 25.9. The van der Waals surface area contributed by atoms with Gasteiger partial charge in [-0.25, -0.2) is 0 Å². The second-order valence-electron chi connectivity index (χ2n) is 10.7. The summed E-state index contributed by atoms with van der Waals surface area (Å²) in [5.74, 6) is -0.215. The molecule has 6 nitrogen and oxygen atoms in total. The Morgan fingerprint density at radius 1 is 0.881 bits per heavy atom. The summed E-state index contributed by atoms with van der Waals surface area (Å²) in [5, 5.41) is 20.7. The smallest absolute Gasteiger partial charge is 0.263 e. The number of nitrogens with one attached hydrogen (secondary N) is 1. The van der Waals surface area contributed by atoms with Gasteiger partial charge in [-0.1, -0.05) is 82.0 Å². The number of carbonyl (C=O) groups is 1. The van der Waals surface area contributed by atoms with Crippen LogP contribution >= 0.6 is 57.7 Å². The molecule has 11 heteroatoms. The maximum absolute atomic E-state index is 14.7. The SMILES string of the molecule is O=C(c1c(-c2ccc(Cl)cc2)n[nH]c1-c1nnc(C2(c3ccc(Cl)cc3)CC2)s1)N(c1ccc(Cl)cc1Cl)C1CCC1. The Morgan fingerprint density at radius 3 is 2.17 bits per heavy atom. The van der Waals surface area contributed by atoms with Crippen LogP contribution in [0, 0.1) is 0 Å². The van der Waals surface area contributed by atoms with E-state index < -0.39 is 0 Å². The van der Waals surface area contributed by atoms with Crippen LogP contribution in [0.3, 0.4) is 0 Å². The summed E-state index contributed by atoms with van der Waals surface area (Å²) in [6.45, 7) is 0. The van der Waals surface area contributed by atoms with E-state index in [2.05, 4.69) is 20.4 Å². The molecule has 0 unspecified atom stereocenters. The van der Waals surface area contributed by atoms with Gasteiger partial charge in [0.2, 0.25) is 0 Å². The van der Waals surface area contributed by atoms with Gasteiger partial charge in [-0.05, 0) is 80.1 Å². The number of hydrogen-bond acceptors (Lipinski definition) is 5. The molecule has 0 spiro atoms. The van der Waals surface area contributed by atoms with Crippen molar-refractivity contribution in [2.75, 3.05) is 4.90 Å². The maximum atomic E-state index is 14.7. The second-order valence-corrected chi connectivity index (χ2v) is 13.4. The molecule has 3 aromatic carbocycles. The monoisotopic (exact) mass is 653 g/mol. The van der Waals surface area contributed by atoms with Crippen LogP contribution in [-0.2, 0) is 5.41 Å². The number of amides is 1. The Bertz CT molecular complexity index is 1790. The van der Waals surface area contributed by atoms with Gasteiger partial charge in [-0.3, -0.25) is 9.89 Å². The minimum atomic E-state index is -0.215. The van der Waals surface area contributed by atoms with Crippen molar-refractivity contribution in [1.29, 1.82) is 0 Å². The first-order chi connectivity index (χ1) is 20.3. The Morgan fingerprint density at radius 2 is 1.55 bits per heavy atom. The molecule has 1 amide bonds. The van der Waals surface area contributed by atoms with Gasteiger partial charge in [0, 0.05) is 32.1 Å². The molecular weight excluding hydrogens is 632 g/mol. The van der Waals surface area contributed by atoms with E-state index in [9.17, 15) is 4.79 Å². The van der Waals surface area contributed by atoms with Crippen LogP contribution in [0.15, 0.2) is 66.7 Å². The number of anilines is 1. The summed E-state index contributed by atoms with van der Waals surface area (Å²) in [6, 6.07) is 20.4. The standard InChI is InChI=1S/C31H23Cl4N5OS/c32-19-8-4-17(5-9-19)26-25(29(41)40(22-2-1-3-22)24-13-12-21(34)16-23(24)35)27(37-36-26)28-38-39-30(42-28)31(14-15-31)18-6-10-20(33)11-7-18/h4-13,16,22H,1-3,14-15H2,(H,36,37). The van der Waals surface area contributed by atoms with Crippen molar-refractivity contribution in [2.24, 2.45) is 0 Å². The third-order valence-corrected chi connectivity index (χ3v) is 10.3. The highest BCUT2D eigenvalue weighted by Gasteiger charge is 2.49. The van der Waals surface area contributed by atoms with Gasteiger partial charge < -0.3 is 4.90 Å². The van der Waals surface area contributed by atoms with Crippen LogP contribution in [-0.4, -0.2) is 32.3 Å². The predicted octanol–water partition coefficient (Wildman–Crippen LogP) is 9.49. The third kappa shape index (κ3) is 4.91. The summed E-state index contributed by atoms with van der Waals surface area (Å²) in [7, 11) is 0. The molecule has 42 heavy (non-hydrogen) atoms. The van der Waals surface area contributed by atoms with E-state index in [1.165, 1.54) is 11.3 Å². The highest BCUT2D eigenvalue weighted by atomic mass is 35.5. The fraction of sp³-hybridized carbons (Fsp3) is 0.226. The Hall–Kier alpha value is -2.94. The zero-order valence-electron chi connectivity index (χ0n) is 22.1. The molecule has 7 rings (SSSR count). The van der Waals surface area contributed by atoms with E-state index in [1.54, 1.807) is 35.2 Å². The highest BCUT2D eigenvalue weighted by molar-refractivity contribution is 7.14. The number of hydrogen-bond donors (Lipinski definition) is 1. The fourth-order valence-electron chi connectivity index (χ4n) is 5.47.